The van der Waals surface area contributed by atoms with Crippen molar-refractivity contribution in [1.82, 2.24) is 5.32 Å². The Balaban J connectivity index is 0.00000208. The van der Waals surface area contributed by atoms with Gasteiger partial charge in [0.15, 0.2) is 0 Å². The highest BCUT2D eigenvalue weighted by molar-refractivity contribution is 6.04. The number of anilines is 1. The van der Waals surface area contributed by atoms with E-state index in [9.17, 15) is 4.79 Å². The highest BCUT2D eigenvalue weighted by atomic mass is 35.5. The molecule has 1 amide bonds. The molecule has 0 saturated heterocycles. The van der Waals surface area contributed by atoms with Gasteiger partial charge in [-0.3, -0.25) is 4.79 Å². The summed E-state index contributed by atoms with van der Waals surface area (Å²) in [5.74, 6) is -0.121. The molecule has 0 aromatic heterocycles. The maximum absolute atomic E-state index is 12.4. The van der Waals surface area contributed by atoms with E-state index in [-0.39, 0.29) is 23.9 Å². The van der Waals surface area contributed by atoms with Crippen LogP contribution in [0.15, 0.2) is 54.6 Å². The van der Waals surface area contributed by atoms with Crippen LogP contribution in [0.25, 0.3) is 5.70 Å². The predicted octanol–water partition coefficient (Wildman–Crippen LogP) is 4.32. The largest absolute Gasteiger partial charge is 0.379 e. The molecule has 1 aliphatic rings. The van der Waals surface area contributed by atoms with Crippen molar-refractivity contribution >= 4 is 29.7 Å². The number of benzene rings is 2. The molecule has 1 heterocycles. The maximum Gasteiger partial charge on any atom is 0.250 e. The van der Waals surface area contributed by atoms with Crippen LogP contribution in [0.2, 0.25) is 0 Å². The van der Waals surface area contributed by atoms with Gasteiger partial charge in [-0.2, -0.15) is 0 Å². The number of fused-ring (bicyclic) bond motifs is 1. The lowest BCUT2D eigenvalue weighted by Gasteiger charge is -2.35. The van der Waals surface area contributed by atoms with Gasteiger partial charge < -0.3 is 10.6 Å². The van der Waals surface area contributed by atoms with Crippen molar-refractivity contribution < 1.29 is 4.79 Å². The number of aryl methyl sites for hydroxylation is 1. The van der Waals surface area contributed by atoms with Crippen LogP contribution in [0.5, 0.6) is 0 Å². The van der Waals surface area contributed by atoms with Crippen molar-refractivity contribution in [2.45, 2.75) is 32.7 Å². The molecule has 1 aliphatic heterocycles. The fraction of sp³-hybridized carbons (Fsp3) is 0.250. The first-order valence-corrected chi connectivity index (χ1v) is 7.89. The van der Waals surface area contributed by atoms with Gasteiger partial charge in [0.05, 0.1) is 0 Å². The standard InChI is InChI=1S/C20H22N2O.ClH/c1-14-8-10-16(11-9-14)21-19(23)12-18-17-7-5-4-6-15(17)13-20(2,3)22-18;/h4-12,22H,13H2,1-3H3,(H,21,23);1H/b18-12-;. The van der Waals surface area contributed by atoms with Crippen molar-refractivity contribution in [3.63, 3.8) is 0 Å². The smallest absolute Gasteiger partial charge is 0.250 e. The summed E-state index contributed by atoms with van der Waals surface area (Å²) in [6, 6.07) is 16.0. The molecule has 0 radical (unpaired) electrons. The Labute approximate surface area is 149 Å². The lowest BCUT2D eigenvalue weighted by Crippen LogP contribution is -2.44. The van der Waals surface area contributed by atoms with E-state index < -0.39 is 0 Å². The number of halogens is 1. The van der Waals surface area contributed by atoms with Gasteiger partial charge in [-0.1, -0.05) is 42.0 Å². The van der Waals surface area contributed by atoms with Crippen LogP contribution in [0.1, 0.15) is 30.5 Å². The Kier molecular flexibility index (Phi) is 5.35. The van der Waals surface area contributed by atoms with Gasteiger partial charge in [-0.05, 0) is 44.9 Å². The third kappa shape index (κ3) is 4.18. The summed E-state index contributed by atoms with van der Waals surface area (Å²) in [6.07, 6.45) is 2.60. The molecule has 4 heteroatoms. The summed E-state index contributed by atoms with van der Waals surface area (Å²) in [4.78, 5) is 12.4. The fourth-order valence-electron chi connectivity index (χ4n) is 2.95. The Morgan fingerprint density at radius 2 is 1.79 bits per heavy atom. The molecule has 0 aliphatic carbocycles. The number of rotatable bonds is 2. The number of carbonyl (C=O) groups is 1. The average Bonchev–Trinajstić information content (AvgIpc) is 2.48. The normalized spacial score (nSPS) is 16.5. The molecule has 0 saturated carbocycles. The quantitative estimate of drug-likeness (QED) is 0.798. The molecule has 0 fully saturated rings. The molecule has 2 aromatic carbocycles. The summed E-state index contributed by atoms with van der Waals surface area (Å²) >= 11 is 0. The Bertz CT molecular complexity index is 763. The SMILES string of the molecule is Cc1ccc(NC(=O)/C=C2\NC(C)(C)Cc3ccccc32)cc1.Cl. The third-order valence-electron chi connectivity index (χ3n) is 4.01. The van der Waals surface area contributed by atoms with E-state index in [4.69, 9.17) is 0 Å². The monoisotopic (exact) mass is 342 g/mol. The molecular formula is C20H23ClN2O. The van der Waals surface area contributed by atoms with Gasteiger partial charge >= 0.3 is 0 Å². The van der Waals surface area contributed by atoms with Gasteiger partial charge in [0.2, 0.25) is 5.91 Å². The summed E-state index contributed by atoms with van der Waals surface area (Å²) in [5.41, 5.74) is 5.16. The zero-order valence-electron chi connectivity index (χ0n) is 14.2. The van der Waals surface area contributed by atoms with Crippen molar-refractivity contribution in [3.8, 4) is 0 Å². The molecule has 0 bridgehead atoms. The minimum atomic E-state index is -0.121. The van der Waals surface area contributed by atoms with Crippen LogP contribution in [-0.4, -0.2) is 11.4 Å². The zero-order valence-corrected chi connectivity index (χ0v) is 15.0. The average molecular weight is 343 g/mol. The van der Waals surface area contributed by atoms with Crippen LogP contribution in [0.3, 0.4) is 0 Å². The lowest BCUT2D eigenvalue weighted by atomic mass is 9.86. The van der Waals surface area contributed by atoms with E-state index in [0.717, 1.165) is 23.4 Å². The Morgan fingerprint density at radius 3 is 2.50 bits per heavy atom. The number of hydrogen-bond acceptors (Lipinski definition) is 2. The van der Waals surface area contributed by atoms with Gasteiger partial charge in [-0.25, -0.2) is 0 Å². The van der Waals surface area contributed by atoms with Crippen molar-refractivity contribution in [3.05, 3.63) is 71.3 Å². The topological polar surface area (TPSA) is 41.1 Å². The van der Waals surface area contributed by atoms with Crippen LogP contribution in [-0.2, 0) is 11.2 Å². The first-order chi connectivity index (χ1) is 10.9. The highest BCUT2D eigenvalue weighted by Crippen LogP contribution is 2.29. The summed E-state index contributed by atoms with van der Waals surface area (Å²) < 4.78 is 0. The van der Waals surface area contributed by atoms with Crippen LogP contribution < -0.4 is 10.6 Å². The third-order valence-corrected chi connectivity index (χ3v) is 4.01. The first kappa shape index (κ1) is 18.1. The maximum atomic E-state index is 12.4. The molecule has 0 atom stereocenters. The van der Waals surface area contributed by atoms with Crippen LogP contribution in [0, 0.1) is 6.92 Å². The summed E-state index contributed by atoms with van der Waals surface area (Å²) in [5, 5.41) is 6.39. The van der Waals surface area contributed by atoms with Gasteiger partial charge in [0.1, 0.15) is 0 Å². The number of amides is 1. The van der Waals surface area contributed by atoms with E-state index >= 15 is 0 Å². The van der Waals surface area contributed by atoms with E-state index in [2.05, 4.69) is 36.6 Å². The Morgan fingerprint density at radius 1 is 1.12 bits per heavy atom. The predicted molar refractivity (Wildman–Crippen MR) is 102 cm³/mol. The van der Waals surface area contributed by atoms with E-state index in [0.29, 0.717) is 0 Å². The fourth-order valence-corrected chi connectivity index (χ4v) is 2.95. The van der Waals surface area contributed by atoms with E-state index in [1.807, 2.05) is 43.3 Å². The molecule has 2 aromatic rings. The van der Waals surface area contributed by atoms with Gasteiger partial charge in [-0.15, -0.1) is 12.4 Å². The van der Waals surface area contributed by atoms with Gasteiger partial charge in [0.25, 0.3) is 0 Å². The van der Waals surface area contributed by atoms with Gasteiger partial charge in [0, 0.05) is 28.6 Å². The number of nitrogens with one attached hydrogen (secondary N) is 2. The second kappa shape index (κ2) is 7.10. The molecular weight excluding hydrogens is 320 g/mol. The van der Waals surface area contributed by atoms with Crippen molar-refractivity contribution in [2.75, 3.05) is 5.32 Å². The summed E-state index contributed by atoms with van der Waals surface area (Å²) in [6.45, 7) is 6.32. The number of hydrogen-bond donors (Lipinski definition) is 2. The Hall–Kier alpha value is -2.26. The highest BCUT2D eigenvalue weighted by Gasteiger charge is 2.27. The molecule has 3 nitrogen and oxygen atoms in total. The number of carbonyl (C=O) groups excluding carboxylic acids is 1. The minimum absolute atomic E-state index is 0. The van der Waals surface area contributed by atoms with E-state index in [1.54, 1.807) is 6.08 Å². The van der Waals surface area contributed by atoms with Crippen molar-refractivity contribution in [1.29, 1.82) is 0 Å². The molecule has 24 heavy (non-hydrogen) atoms. The molecule has 0 spiro atoms. The van der Waals surface area contributed by atoms with Crippen LogP contribution >= 0.6 is 12.4 Å². The summed E-state index contributed by atoms with van der Waals surface area (Å²) in [7, 11) is 0. The molecule has 3 rings (SSSR count). The zero-order chi connectivity index (χ0) is 16.4. The van der Waals surface area contributed by atoms with Crippen LogP contribution in [0.4, 0.5) is 5.69 Å². The molecule has 0 unspecified atom stereocenters. The second-order valence-electron chi connectivity index (χ2n) is 6.76. The molecule has 2 N–H and O–H groups in total. The minimum Gasteiger partial charge on any atom is -0.379 e. The first-order valence-electron chi connectivity index (χ1n) is 7.89. The second-order valence-corrected chi connectivity index (χ2v) is 6.76. The lowest BCUT2D eigenvalue weighted by molar-refractivity contribution is -0.111. The van der Waals surface area contributed by atoms with E-state index in [1.165, 1.54) is 11.1 Å². The molecule has 126 valence electrons. The van der Waals surface area contributed by atoms with Crippen molar-refractivity contribution in [2.24, 2.45) is 0 Å².